The Morgan fingerprint density at radius 1 is 1.58 bits per heavy atom. The van der Waals surface area contributed by atoms with E-state index in [1.165, 1.54) is 6.33 Å². The molecule has 0 radical (unpaired) electrons. The number of nitrogens with two attached hydrogens (primary N) is 1. The second-order valence-electron chi connectivity index (χ2n) is 4.42. The fourth-order valence-corrected chi connectivity index (χ4v) is 3.14. The zero-order chi connectivity index (χ0) is 13.6. The second-order valence-corrected chi connectivity index (χ2v) is 5.59. The van der Waals surface area contributed by atoms with Crippen LogP contribution in [0.3, 0.4) is 0 Å². The Kier molecular flexibility index (Phi) is 3.31. The first-order valence-electron chi connectivity index (χ1n) is 5.78. The Balaban J connectivity index is 2.09. The van der Waals surface area contributed by atoms with Crippen LogP contribution >= 0.6 is 22.6 Å². The second kappa shape index (κ2) is 4.84. The molecule has 3 rings (SSSR count). The molecule has 8 heteroatoms. The summed E-state index contributed by atoms with van der Waals surface area (Å²) in [6.07, 6.45) is 0.827. The van der Waals surface area contributed by atoms with Gasteiger partial charge < -0.3 is 20.1 Å². The molecule has 1 aliphatic heterocycles. The van der Waals surface area contributed by atoms with Crippen molar-refractivity contribution in [1.29, 1.82) is 0 Å². The van der Waals surface area contributed by atoms with Gasteiger partial charge in [-0.3, -0.25) is 0 Å². The molecule has 0 spiro atoms. The average Bonchev–Trinajstić information content (AvgIpc) is 2.91. The van der Waals surface area contributed by atoms with Crippen LogP contribution in [-0.2, 0) is 4.74 Å². The van der Waals surface area contributed by atoms with E-state index in [0.717, 1.165) is 3.57 Å². The van der Waals surface area contributed by atoms with Gasteiger partial charge in [-0.15, -0.1) is 0 Å². The van der Waals surface area contributed by atoms with E-state index in [9.17, 15) is 4.39 Å². The van der Waals surface area contributed by atoms with Gasteiger partial charge in [-0.25, -0.2) is 14.4 Å². The summed E-state index contributed by atoms with van der Waals surface area (Å²) in [5.41, 5.74) is 6.36. The Hall–Kier alpha value is -1.00. The predicted molar refractivity (Wildman–Crippen MR) is 75.2 cm³/mol. The van der Waals surface area contributed by atoms with Crippen LogP contribution in [0.25, 0.3) is 11.0 Å². The third-order valence-corrected chi connectivity index (χ3v) is 4.02. The Morgan fingerprint density at radius 3 is 3.05 bits per heavy atom. The van der Waals surface area contributed by atoms with E-state index < -0.39 is 18.5 Å². The van der Waals surface area contributed by atoms with Crippen LogP contribution in [0, 0.1) is 3.57 Å². The largest absolute Gasteiger partial charge is 0.394 e. The van der Waals surface area contributed by atoms with Gasteiger partial charge in [-0.05, 0) is 22.6 Å². The van der Waals surface area contributed by atoms with E-state index in [4.69, 9.17) is 15.6 Å². The predicted octanol–water partition coefficient (Wildman–Crippen LogP) is 1.24. The molecule has 0 unspecified atom stereocenters. The van der Waals surface area contributed by atoms with Crippen molar-refractivity contribution < 1.29 is 14.2 Å². The van der Waals surface area contributed by atoms with Gasteiger partial charge in [-0.1, -0.05) is 0 Å². The molecular weight excluding hydrogens is 366 g/mol. The molecule has 3 atom stereocenters. The van der Waals surface area contributed by atoms with Gasteiger partial charge in [0.1, 0.15) is 24.0 Å². The number of hydrogen-bond acceptors (Lipinski definition) is 5. The van der Waals surface area contributed by atoms with Gasteiger partial charge in [0.15, 0.2) is 6.23 Å². The maximum Gasteiger partial charge on any atom is 0.167 e. The highest BCUT2D eigenvalue weighted by Crippen LogP contribution is 2.35. The molecule has 3 N–H and O–H groups in total. The van der Waals surface area contributed by atoms with E-state index in [2.05, 4.69) is 32.6 Å². The summed E-state index contributed by atoms with van der Waals surface area (Å²) in [5, 5.41) is 9.76. The fraction of sp³-hybridized carbons (Fsp3) is 0.455. The lowest BCUT2D eigenvalue weighted by molar-refractivity contribution is -0.0349. The maximum atomic E-state index is 14.0. The van der Waals surface area contributed by atoms with E-state index in [1.54, 1.807) is 10.8 Å². The highest BCUT2D eigenvalue weighted by atomic mass is 127. The van der Waals surface area contributed by atoms with Crippen molar-refractivity contribution in [3.05, 3.63) is 16.1 Å². The zero-order valence-electron chi connectivity index (χ0n) is 9.83. The smallest absolute Gasteiger partial charge is 0.167 e. The summed E-state index contributed by atoms with van der Waals surface area (Å²) in [5.74, 6) is 0.361. The van der Waals surface area contributed by atoms with Crippen LogP contribution in [0.2, 0.25) is 0 Å². The van der Waals surface area contributed by atoms with Crippen LogP contribution in [-0.4, -0.2) is 38.5 Å². The number of anilines is 1. The van der Waals surface area contributed by atoms with Crippen molar-refractivity contribution in [2.24, 2.45) is 0 Å². The monoisotopic (exact) mass is 378 g/mol. The minimum Gasteiger partial charge on any atom is -0.394 e. The van der Waals surface area contributed by atoms with Gasteiger partial charge in [0.25, 0.3) is 0 Å². The first kappa shape index (κ1) is 13.0. The highest BCUT2D eigenvalue weighted by molar-refractivity contribution is 14.1. The topological polar surface area (TPSA) is 86.2 Å². The van der Waals surface area contributed by atoms with E-state index in [0.29, 0.717) is 16.9 Å². The summed E-state index contributed by atoms with van der Waals surface area (Å²) in [4.78, 5) is 8.08. The lowest BCUT2D eigenvalue weighted by Gasteiger charge is -2.16. The van der Waals surface area contributed by atoms with Gasteiger partial charge in [0.05, 0.1) is 18.1 Å². The van der Waals surface area contributed by atoms with Crippen molar-refractivity contribution in [3.8, 4) is 0 Å². The van der Waals surface area contributed by atoms with Crippen LogP contribution in [0.1, 0.15) is 12.6 Å². The fourth-order valence-electron chi connectivity index (χ4n) is 2.32. The van der Waals surface area contributed by atoms with Crippen LogP contribution in [0.4, 0.5) is 10.2 Å². The molecular formula is C11H12FIN4O2. The number of aliphatic hydroxyl groups is 1. The number of fused-ring (bicyclic) bond motifs is 1. The number of rotatable bonds is 2. The molecule has 102 valence electrons. The summed E-state index contributed by atoms with van der Waals surface area (Å²) in [7, 11) is 0. The Labute approximate surface area is 121 Å². The number of nitrogens with zero attached hydrogens (tertiary/aromatic N) is 3. The van der Waals surface area contributed by atoms with Crippen molar-refractivity contribution in [2.75, 3.05) is 12.3 Å². The van der Waals surface area contributed by atoms with Crippen molar-refractivity contribution in [2.45, 2.75) is 24.9 Å². The zero-order valence-corrected chi connectivity index (χ0v) is 12.0. The molecule has 19 heavy (non-hydrogen) atoms. The third-order valence-electron chi connectivity index (χ3n) is 3.20. The van der Waals surface area contributed by atoms with E-state index >= 15 is 0 Å². The van der Waals surface area contributed by atoms with Crippen LogP contribution < -0.4 is 5.73 Å². The van der Waals surface area contributed by atoms with Gasteiger partial charge in [0.2, 0.25) is 0 Å². The summed E-state index contributed by atoms with van der Waals surface area (Å²) in [6.45, 7) is -0.190. The van der Waals surface area contributed by atoms with Crippen molar-refractivity contribution in [1.82, 2.24) is 14.5 Å². The number of aromatic nitrogens is 3. The molecule has 0 aliphatic carbocycles. The van der Waals surface area contributed by atoms with Crippen molar-refractivity contribution >= 4 is 39.4 Å². The number of aliphatic hydroxyl groups excluding tert-OH is 1. The standard InChI is InChI=1S/C11H12FIN4O2/c12-6-1-5(3-18)19-11(6)17-2-7(13)8-9(14)15-4-16-10(8)17/h2,4-6,11,18H,1,3H2,(H2,14,15,16)/t5-,6+,11-/m1/s1. The minimum absolute atomic E-state index is 0.179. The van der Waals surface area contributed by atoms with E-state index in [1.807, 2.05) is 0 Å². The number of halogens is 2. The van der Waals surface area contributed by atoms with Gasteiger partial charge in [-0.2, -0.15) is 0 Å². The molecule has 1 fully saturated rings. The Bertz CT molecular complexity index is 620. The number of alkyl halides is 1. The molecule has 0 aromatic carbocycles. The molecule has 0 amide bonds. The molecule has 0 bridgehead atoms. The minimum atomic E-state index is -1.18. The number of nitrogen functional groups attached to an aromatic ring is 1. The van der Waals surface area contributed by atoms with Crippen LogP contribution in [0.5, 0.6) is 0 Å². The Morgan fingerprint density at radius 2 is 2.37 bits per heavy atom. The molecule has 1 aliphatic rings. The summed E-state index contributed by atoms with van der Waals surface area (Å²) in [6, 6.07) is 0. The summed E-state index contributed by atoms with van der Waals surface area (Å²) >= 11 is 2.10. The normalized spacial score (nSPS) is 27.2. The molecule has 3 heterocycles. The number of hydrogen-bond donors (Lipinski definition) is 2. The third kappa shape index (κ3) is 2.07. The van der Waals surface area contributed by atoms with Crippen molar-refractivity contribution in [3.63, 3.8) is 0 Å². The summed E-state index contributed by atoms with van der Waals surface area (Å²) < 4.78 is 22.0. The first-order valence-corrected chi connectivity index (χ1v) is 6.86. The van der Waals surface area contributed by atoms with Crippen LogP contribution in [0.15, 0.2) is 12.5 Å². The molecule has 6 nitrogen and oxygen atoms in total. The van der Waals surface area contributed by atoms with Gasteiger partial charge in [0, 0.05) is 16.2 Å². The molecule has 2 aromatic heterocycles. The lowest BCUT2D eigenvalue weighted by atomic mass is 10.2. The highest BCUT2D eigenvalue weighted by Gasteiger charge is 2.37. The van der Waals surface area contributed by atoms with E-state index in [-0.39, 0.29) is 13.0 Å². The molecule has 0 saturated carbocycles. The SMILES string of the molecule is Nc1ncnc2c1c(I)cn2[C@@H]1O[C@@H](CO)C[C@@H]1F. The number of ether oxygens (including phenoxy) is 1. The average molecular weight is 378 g/mol. The first-order chi connectivity index (χ1) is 9.11. The molecule has 2 aromatic rings. The maximum absolute atomic E-state index is 14.0. The molecule has 1 saturated heterocycles. The van der Waals surface area contributed by atoms with Gasteiger partial charge >= 0.3 is 0 Å². The quantitative estimate of drug-likeness (QED) is 0.768. The lowest BCUT2D eigenvalue weighted by Crippen LogP contribution is -2.16.